The molecule has 2 amide bonds. The summed E-state index contributed by atoms with van der Waals surface area (Å²) in [6.45, 7) is 0.241. The summed E-state index contributed by atoms with van der Waals surface area (Å²) in [5.41, 5.74) is 1.14. The Kier molecular flexibility index (Phi) is 5.24. The average Bonchev–Trinajstić information content (AvgIpc) is 3.04. The first-order valence-corrected chi connectivity index (χ1v) is 9.77. The first-order valence-electron chi connectivity index (χ1n) is 8.33. The Morgan fingerprint density at radius 3 is 2.52 bits per heavy atom. The van der Waals surface area contributed by atoms with E-state index in [-0.39, 0.29) is 29.7 Å². The van der Waals surface area contributed by atoms with E-state index in [0.29, 0.717) is 11.4 Å². The van der Waals surface area contributed by atoms with Gasteiger partial charge in [-0.25, -0.2) is 12.7 Å². The van der Waals surface area contributed by atoms with E-state index in [1.54, 1.807) is 30.5 Å². The van der Waals surface area contributed by atoms with Gasteiger partial charge in [-0.05, 0) is 36.4 Å². The lowest BCUT2D eigenvalue weighted by Gasteiger charge is -2.18. The van der Waals surface area contributed by atoms with Crippen LogP contribution in [0.5, 0.6) is 0 Å². The minimum absolute atomic E-state index is 0.101. The third kappa shape index (κ3) is 3.99. The molecule has 1 unspecified atom stereocenters. The zero-order chi connectivity index (χ0) is 19.6. The average molecular weight is 388 g/mol. The summed E-state index contributed by atoms with van der Waals surface area (Å²) in [6.07, 6.45) is 3.25. The fraction of sp³-hybridized carbons (Fsp3) is 0.278. The number of hydrogen-bond donors (Lipinski definition) is 1. The van der Waals surface area contributed by atoms with Gasteiger partial charge < -0.3 is 10.2 Å². The van der Waals surface area contributed by atoms with Gasteiger partial charge in [-0.15, -0.1) is 0 Å². The number of benzene rings is 1. The number of anilines is 2. The van der Waals surface area contributed by atoms with Gasteiger partial charge in [0.25, 0.3) is 0 Å². The Morgan fingerprint density at radius 2 is 1.93 bits per heavy atom. The predicted octanol–water partition coefficient (Wildman–Crippen LogP) is 1.32. The van der Waals surface area contributed by atoms with Crippen LogP contribution in [0.25, 0.3) is 0 Å². The van der Waals surface area contributed by atoms with E-state index in [9.17, 15) is 18.0 Å². The number of nitrogens with one attached hydrogen (secondary N) is 1. The Labute approximate surface area is 157 Å². The van der Waals surface area contributed by atoms with E-state index < -0.39 is 15.9 Å². The zero-order valence-electron chi connectivity index (χ0n) is 15.0. The number of nitrogens with zero attached hydrogens (tertiary/aromatic N) is 3. The molecule has 1 aliphatic heterocycles. The molecule has 9 heteroatoms. The number of pyridine rings is 1. The molecule has 0 aliphatic carbocycles. The maximum absolute atomic E-state index is 12.4. The Morgan fingerprint density at radius 1 is 1.22 bits per heavy atom. The van der Waals surface area contributed by atoms with Crippen LogP contribution >= 0.6 is 0 Å². The molecule has 8 nitrogen and oxygen atoms in total. The van der Waals surface area contributed by atoms with Gasteiger partial charge in [0.15, 0.2) is 0 Å². The van der Waals surface area contributed by atoms with Crippen molar-refractivity contribution in [1.82, 2.24) is 9.29 Å². The number of rotatable bonds is 5. The van der Waals surface area contributed by atoms with Gasteiger partial charge in [-0.2, -0.15) is 0 Å². The van der Waals surface area contributed by atoms with Gasteiger partial charge in [0, 0.05) is 38.9 Å². The Hall–Kier alpha value is -2.78. The molecule has 2 heterocycles. The molecule has 3 rings (SSSR count). The summed E-state index contributed by atoms with van der Waals surface area (Å²) in [5, 5.41) is 2.75. The highest BCUT2D eigenvalue weighted by molar-refractivity contribution is 7.89. The molecular weight excluding hydrogens is 368 g/mol. The summed E-state index contributed by atoms with van der Waals surface area (Å²) in [6, 6.07) is 9.52. The first kappa shape index (κ1) is 19.0. The number of amides is 2. The van der Waals surface area contributed by atoms with Gasteiger partial charge >= 0.3 is 0 Å². The molecule has 1 aromatic carbocycles. The summed E-state index contributed by atoms with van der Waals surface area (Å²) in [4.78, 5) is 30.3. The van der Waals surface area contributed by atoms with Crippen LogP contribution in [0.2, 0.25) is 0 Å². The second kappa shape index (κ2) is 7.45. The van der Waals surface area contributed by atoms with E-state index in [2.05, 4.69) is 10.3 Å². The minimum Gasteiger partial charge on any atom is -0.324 e. The largest absolute Gasteiger partial charge is 0.324 e. The lowest BCUT2D eigenvalue weighted by molar-refractivity contribution is -0.122. The lowest BCUT2D eigenvalue weighted by atomic mass is 10.1. The van der Waals surface area contributed by atoms with Crippen LogP contribution in [0.3, 0.4) is 0 Å². The number of hydrogen-bond acceptors (Lipinski definition) is 5. The molecule has 1 aliphatic rings. The van der Waals surface area contributed by atoms with Crippen molar-refractivity contribution >= 4 is 33.2 Å². The van der Waals surface area contributed by atoms with Crippen LogP contribution in [-0.4, -0.2) is 50.2 Å². The van der Waals surface area contributed by atoms with Gasteiger partial charge in [0.1, 0.15) is 0 Å². The van der Waals surface area contributed by atoms with Crippen LogP contribution in [0.1, 0.15) is 6.42 Å². The van der Waals surface area contributed by atoms with Gasteiger partial charge in [-0.3, -0.25) is 14.6 Å². The maximum Gasteiger partial charge on any atom is 0.242 e. The lowest BCUT2D eigenvalue weighted by Crippen LogP contribution is -2.28. The van der Waals surface area contributed by atoms with Crippen LogP contribution in [-0.2, 0) is 19.6 Å². The maximum atomic E-state index is 12.4. The standard InChI is InChI=1S/C18H20N4O4S/c1-21(2)27(25,26)16-7-5-15(6-8-16)22-12-13(10-17(22)23)18(24)20-14-4-3-9-19-11-14/h3-9,11,13H,10,12H2,1-2H3,(H,20,24). The Bertz CT molecular complexity index is 943. The van der Waals surface area contributed by atoms with Gasteiger partial charge in [0.2, 0.25) is 21.8 Å². The molecule has 1 atom stereocenters. The molecule has 0 radical (unpaired) electrons. The smallest absolute Gasteiger partial charge is 0.242 e. The molecule has 142 valence electrons. The highest BCUT2D eigenvalue weighted by atomic mass is 32.2. The van der Waals surface area contributed by atoms with Gasteiger partial charge in [-0.1, -0.05) is 0 Å². The van der Waals surface area contributed by atoms with Crippen LogP contribution in [0.4, 0.5) is 11.4 Å². The van der Waals surface area contributed by atoms with E-state index in [0.717, 1.165) is 4.31 Å². The van der Waals surface area contributed by atoms with Crippen molar-refractivity contribution in [3.05, 3.63) is 48.8 Å². The molecule has 1 aromatic heterocycles. The van der Waals surface area contributed by atoms with E-state index >= 15 is 0 Å². The van der Waals surface area contributed by atoms with Crippen molar-refractivity contribution < 1.29 is 18.0 Å². The number of sulfonamides is 1. The molecular formula is C18H20N4O4S. The topological polar surface area (TPSA) is 99.7 Å². The van der Waals surface area contributed by atoms with Crippen LogP contribution in [0.15, 0.2) is 53.7 Å². The number of carbonyl (C=O) groups is 2. The summed E-state index contributed by atoms with van der Waals surface area (Å²) in [5.74, 6) is -0.905. The molecule has 2 aromatic rings. The number of aromatic nitrogens is 1. The fourth-order valence-electron chi connectivity index (χ4n) is 2.82. The molecule has 27 heavy (non-hydrogen) atoms. The van der Waals surface area contributed by atoms with E-state index in [1.165, 1.54) is 37.3 Å². The normalized spacial score (nSPS) is 17.4. The third-order valence-corrected chi connectivity index (χ3v) is 6.18. The predicted molar refractivity (Wildman–Crippen MR) is 101 cm³/mol. The third-order valence-electron chi connectivity index (χ3n) is 4.35. The molecule has 0 spiro atoms. The van der Waals surface area contributed by atoms with Crippen molar-refractivity contribution in [2.24, 2.45) is 5.92 Å². The first-order chi connectivity index (χ1) is 12.8. The van der Waals surface area contributed by atoms with Gasteiger partial charge in [0.05, 0.1) is 22.7 Å². The highest BCUT2D eigenvalue weighted by Gasteiger charge is 2.35. The van der Waals surface area contributed by atoms with Crippen molar-refractivity contribution in [3.63, 3.8) is 0 Å². The summed E-state index contributed by atoms with van der Waals surface area (Å²) >= 11 is 0. The summed E-state index contributed by atoms with van der Waals surface area (Å²) in [7, 11) is -0.616. The Balaban J connectivity index is 1.71. The van der Waals surface area contributed by atoms with Crippen LogP contribution in [0, 0.1) is 5.92 Å². The summed E-state index contributed by atoms with van der Waals surface area (Å²) < 4.78 is 25.4. The molecule has 0 saturated carbocycles. The molecule has 0 bridgehead atoms. The van der Waals surface area contributed by atoms with E-state index in [4.69, 9.17) is 0 Å². The second-order valence-corrected chi connectivity index (χ2v) is 8.57. The van der Waals surface area contributed by atoms with Crippen LogP contribution < -0.4 is 10.2 Å². The SMILES string of the molecule is CN(C)S(=O)(=O)c1ccc(N2CC(C(=O)Nc3cccnc3)CC2=O)cc1. The van der Waals surface area contributed by atoms with Crippen molar-refractivity contribution in [3.8, 4) is 0 Å². The van der Waals surface area contributed by atoms with Crippen molar-refractivity contribution in [2.45, 2.75) is 11.3 Å². The zero-order valence-corrected chi connectivity index (χ0v) is 15.8. The monoisotopic (exact) mass is 388 g/mol. The molecule has 1 saturated heterocycles. The second-order valence-electron chi connectivity index (χ2n) is 6.42. The quantitative estimate of drug-likeness (QED) is 0.833. The minimum atomic E-state index is -3.53. The van der Waals surface area contributed by atoms with E-state index in [1.807, 2.05) is 0 Å². The van der Waals surface area contributed by atoms with Crippen molar-refractivity contribution in [1.29, 1.82) is 0 Å². The molecule has 1 N–H and O–H groups in total. The highest BCUT2D eigenvalue weighted by Crippen LogP contribution is 2.27. The molecule has 1 fully saturated rings. The van der Waals surface area contributed by atoms with Crippen molar-refractivity contribution in [2.75, 3.05) is 30.9 Å². The fourth-order valence-corrected chi connectivity index (χ4v) is 3.72. The number of carbonyl (C=O) groups excluding carboxylic acids is 2.